The van der Waals surface area contributed by atoms with Crippen molar-refractivity contribution in [1.29, 1.82) is 0 Å². The Bertz CT molecular complexity index is 1950. The van der Waals surface area contributed by atoms with E-state index < -0.39 is 51.7 Å². The van der Waals surface area contributed by atoms with Crippen molar-refractivity contribution in [1.82, 2.24) is 5.01 Å². The SMILES string of the molecule is O=C1[C@@H]2[C@H]3C=C[C@@H]([C@@H]4C[C@H]34)[C@@H]2C(=O)N1/N=C\C12c3ccccc3C(c3ccccc31)[C@H]1C(=O)N(c3ccc([N+](=O)[O-])cc3)C(=O)[C@H]12. The van der Waals surface area contributed by atoms with Gasteiger partial charge in [-0.25, -0.2) is 4.90 Å². The highest BCUT2D eigenvalue weighted by Gasteiger charge is 2.69. The van der Waals surface area contributed by atoms with Gasteiger partial charge in [0.15, 0.2) is 0 Å². The smallest absolute Gasteiger partial charge is 0.269 e. The number of nitro groups is 1. The number of allylic oxidation sites excluding steroid dienone is 2. The maximum absolute atomic E-state index is 14.6. The van der Waals surface area contributed by atoms with Gasteiger partial charge in [0.2, 0.25) is 11.8 Å². The van der Waals surface area contributed by atoms with Gasteiger partial charge in [0.25, 0.3) is 17.5 Å². The van der Waals surface area contributed by atoms with Gasteiger partial charge >= 0.3 is 0 Å². The predicted octanol–water partition coefficient (Wildman–Crippen LogP) is 4.18. The summed E-state index contributed by atoms with van der Waals surface area (Å²) in [4.78, 5) is 68.7. The van der Waals surface area contributed by atoms with Crippen molar-refractivity contribution in [2.24, 2.45) is 52.4 Å². The zero-order chi connectivity index (χ0) is 31.2. The summed E-state index contributed by atoms with van der Waals surface area (Å²) in [6.07, 6.45) is 6.88. The molecule has 9 aliphatic rings. The summed E-state index contributed by atoms with van der Waals surface area (Å²) >= 11 is 0. The first kappa shape index (κ1) is 26.0. The number of amides is 4. The van der Waals surface area contributed by atoms with Crippen LogP contribution >= 0.6 is 0 Å². The van der Waals surface area contributed by atoms with Gasteiger partial charge in [0, 0.05) is 24.3 Å². The molecule has 3 aromatic carbocycles. The zero-order valence-corrected chi connectivity index (χ0v) is 24.3. The van der Waals surface area contributed by atoms with Crippen LogP contribution in [0.15, 0.2) is 90.0 Å². The Kier molecular flexibility index (Phi) is 4.81. The van der Waals surface area contributed by atoms with Crippen molar-refractivity contribution in [2.45, 2.75) is 17.8 Å². The number of imide groups is 2. The summed E-state index contributed by atoms with van der Waals surface area (Å²) in [5.41, 5.74) is 2.29. The molecule has 10 nitrogen and oxygen atoms in total. The Morgan fingerprint density at radius 2 is 1.30 bits per heavy atom. The van der Waals surface area contributed by atoms with Gasteiger partial charge in [-0.05, 0) is 64.5 Å². The summed E-state index contributed by atoms with van der Waals surface area (Å²) in [5, 5.41) is 17.1. The molecule has 12 rings (SSSR count). The number of rotatable bonds is 4. The first-order valence-corrected chi connectivity index (χ1v) is 15.8. The van der Waals surface area contributed by atoms with E-state index in [4.69, 9.17) is 5.10 Å². The molecule has 10 heteroatoms. The second-order valence-electron chi connectivity index (χ2n) is 13.7. The summed E-state index contributed by atoms with van der Waals surface area (Å²) in [6, 6.07) is 20.8. The van der Waals surface area contributed by atoms with Crippen molar-refractivity contribution < 1.29 is 24.1 Å². The summed E-state index contributed by atoms with van der Waals surface area (Å²) < 4.78 is 0. The average molecular weight is 611 g/mol. The van der Waals surface area contributed by atoms with Crippen LogP contribution in [0.2, 0.25) is 0 Å². The van der Waals surface area contributed by atoms with E-state index in [0.717, 1.165) is 38.6 Å². The van der Waals surface area contributed by atoms with Gasteiger partial charge in [-0.2, -0.15) is 10.1 Å². The van der Waals surface area contributed by atoms with Crippen LogP contribution in [0.3, 0.4) is 0 Å². The van der Waals surface area contributed by atoms with Crippen LogP contribution in [-0.4, -0.2) is 39.8 Å². The van der Waals surface area contributed by atoms with E-state index >= 15 is 0 Å². The monoisotopic (exact) mass is 610 g/mol. The Labute approximate surface area is 262 Å². The van der Waals surface area contributed by atoms with Crippen LogP contribution in [0.4, 0.5) is 11.4 Å². The topological polar surface area (TPSA) is 130 Å². The van der Waals surface area contributed by atoms with Gasteiger partial charge in [0.05, 0.1) is 39.7 Å². The summed E-state index contributed by atoms with van der Waals surface area (Å²) in [6.45, 7) is 0. The minimum atomic E-state index is -1.25. The van der Waals surface area contributed by atoms with Crippen molar-refractivity contribution >= 4 is 41.2 Å². The Balaban J connectivity index is 1.14. The molecule has 226 valence electrons. The van der Waals surface area contributed by atoms with E-state index in [9.17, 15) is 29.3 Å². The molecule has 7 aliphatic carbocycles. The fraction of sp³-hybridized carbons (Fsp3) is 0.306. The fourth-order valence-corrected chi connectivity index (χ4v) is 10.2. The first-order chi connectivity index (χ1) is 22.3. The number of nitrogens with zero attached hydrogens (tertiary/aromatic N) is 4. The lowest BCUT2D eigenvalue weighted by atomic mass is 9.47. The molecular formula is C36H26N4O6. The minimum absolute atomic E-state index is 0.0510. The molecule has 0 aromatic heterocycles. The Hall–Kier alpha value is -5.25. The van der Waals surface area contributed by atoms with Crippen LogP contribution in [0, 0.1) is 57.5 Å². The highest BCUT2D eigenvalue weighted by Crippen LogP contribution is 2.66. The highest BCUT2D eigenvalue weighted by molar-refractivity contribution is 6.25. The van der Waals surface area contributed by atoms with Gasteiger partial charge in [-0.15, -0.1) is 0 Å². The van der Waals surface area contributed by atoms with E-state index in [1.807, 2.05) is 48.5 Å². The minimum Gasteiger partial charge on any atom is -0.274 e. The van der Waals surface area contributed by atoms with Crippen molar-refractivity contribution in [3.8, 4) is 0 Å². The zero-order valence-electron chi connectivity index (χ0n) is 24.3. The molecule has 4 amide bonds. The highest BCUT2D eigenvalue weighted by atomic mass is 16.6. The molecule has 0 unspecified atom stereocenters. The van der Waals surface area contributed by atoms with Gasteiger partial charge < -0.3 is 0 Å². The molecule has 4 bridgehead atoms. The summed E-state index contributed by atoms with van der Waals surface area (Å²) in [5.74, 6) is -3.34. The molecule has 4 fully saturated rings. The lowest BCUT2D eigenvalue weighted by molar-refractivity contribution is -0.384. The second kappa shape index (κ2) is 8.51. The molecule has 0 radical (unpaired) electrons. The van der Waals surface area contributed by atoms with Gasteiger partial charge in [-0.3, -0.25) is 29.3 Å². The fourth-order valence-electron chi connectivity index (χ4n) is 10.2. The second-order valence-corrected chi connectivity index (χ2v) is 13.7. The van der Waals surface area contributed by atoms with E-state index in [-0.39, 0.29) is 35.0 Å². The van der Waals surface area contributed by atoms with E-state index in [2.05, 4.69) is 12.2 Å². The van der Waals surface area contributed by atoms with Crippen LogP contribution in [0.5, 0.6) is 0 Å². The standard InChI is InChI=1S/C36H26N4O6/c41-32-30-27-21-5-1-3-7-25(21)36(26-8-4-2-6-22(26)27,31(30)35(44)38(32)17-9-11-18(12-10-17)40(45)46)16-37-39-33(42)28-19-13-14-20(24-15-23(19)24)29(28)34(39)43/h1-14,16,19-20,23-24,27-31H,15H2/b37-16-/t19-,20-,23-,24+,27?,28-,29+,30+,31-,36?/m0/s1. The third kappa shape index (κ3) is 2.91. The van der Waals surface area contributed by atoms with E-state index in [0.29, 0.717) is 11.8 Å². The van der Waals surface area contributed by atoms with Crippen LogP contribution in [0.25, 0.3) is 0 Å². The normalized spacial score (nSPS) is 37.0. The number of hydrazone groups is 1. The first-order valence-electron chi connectivity index (χ1n) is 15.8. The number of anilines is 1. The number of nitro benzene ring substituents is 1. The predicted molar refractivity (Wildman–Crippen MR) is 163 cm³/mol. The molecule has 0 spiro atoms. The lowest BCUT2D eigenvalue weighted by Crippen LogP contribution is -2.55. The van der Waals surface area contributed by atoms with Gasteiger partial charge in [0.1, 0.15) is 0 Å². The Morgan fingerprint density at radius 1 is 0.739 bits per heavy atom. The number of carbonyl (C=O) groups excluding carboxylic acids is 4. The quantitative estimate of drug-likeness (QED) is 0.143. The van der Waals surface area contributed by atoms with Crippen molar-refractivity contribution in [3.05, 3.63) is 117 Å². The molecular weight excluding hydrogens is 584 g/mol. The number of hydrogen-bond donors (Lipinski definition) is 0. The van der Waals surface area contributed by atoms with Crippen molar-refractivity contribution in [2.75, 3.05) is 4.90 Å². The third-order valence-corrected chi connectivity index (χ3v) is 12.0. The molecule has 2 aliphatic heterocycles. The number of non-ortho nitro benzene ring substituents is 1. The Morgan fingerprint density at radius 3 is 1.87 bits per heavy atom. The average Bonchev–Trinajstić information content (AvgIpc) is 3.81. The number of benzene rings is 3. The number of carbonyl (C=O) groups is 4. The van der Waals surface area contributed by atoms with E-state index in [1.165, 1.54) is 24.3 Å². The molecule has 3 aromatic rings. The van der Waals surface area contributed by atoms with Crippen molar-refractivity contribution in [3.63, 3.8) is 0 Å². The molecule has 46 heavy (non-hydrogen) atoms. The van der Waals surface area contributed by atoms with Gasteiger partial charge in [-0.1, -0.05) is 60.7 Å². The van der Waals surface area contributed by atoms with E-state index in [1.54, 1.807) is 6.21 Å². The van der Waals surface area contributed by atoms with Crippen LogP contribution < -0.4 is 4.90 Å². The molecule has 8 atom stereocenters. The molecule has 2 heterocycles. The lowest BCUT2D eigenvalue weighted by Gasteiger charge is -2.52. The molecule has 0 N–H and O–H groups in total. The molecule has 2 saturated carbocycles. The molecule has 2 saturated heterocycles. The summed E-state index contributed by atoms with van der Waals surface area (Å²) in [7, 11) is 0. The largest absolute Gasteiger partial charge is 0.274 e. The van der Waals surface area contributed by atoms with Crippen LogP contribution in [0.1, 0.15) is 34.6 Å². The number of hydrogen-bond acceptors (Lipinski definition) is 7. The third-order valence-electron chi connectivity index (χ3n) is 12.0. The maximum atomic E-state index is 14.6. The maximum Gasteiger partial charge on any atom is 0.269 e. The van der Waals surface area contributed by atoms with Crippen LogP contribution in [-0.2, 0) is 24.6 Å².